The zero-order valence-electron chi connectivity index (χ0n) is 11.0. The van der Waals surface area contributed by atoms with E-state index < -0.39 is 6.03 Å². The van der Waals surface area contributed by atoms with Crippen LogP contribution in [0.5, 0.6) is 5.75 Å². The Bertz CT molecular complexity index is 711. The summed E-state index contributed by atoms with van der Waals surface area (Å²) in [5.74, 6) is 0.0902. The van der Waals surface area contributed by atoms with Crippen molar-refractivity contribution in [1.29, 1.82) is 0 Å². The summed E-state index contributed by atoms with van der Waals surface area (Å²) in [6, 6.07) is 11.0. The van der Waals surface area contributed by atoms with E-state index >= 15 is 0 Å². The van der Waals surface area contributed by atoms with Crippen molar-refractivity contribution >= 4 is 29.0 Å². The van der Waals surface area contributed by atoms with E-state index in [1.807, 2.05) is 0 Å². The summed E-state index contributed by atoms with van der Waals surface area (Å²) >= 11 is 0. The number of phenols is 1. The molecular formula is C15H13N3O3. The van der Waals surface area contributed by atoms with Gasteiger partial charge in [0.2, 0.25) is 5.91 Å². The largest absolute Gasteiger partial charge is 0.508 e. The monoisotopic (exact) mass is 283 g/mol. The Labute approximate surface area is 120 Å². The van der Waals surface area contributed by atoms with Crippen LogP contribution in [0, 0.1) is 0 Å². The molecule has 1 heterocycles. The molecule has 0 saturated heterocycles. The Morgan fingerprint density at radius 3 is 2.48 bits per heavy atom. The zero-order valence-corrected chi connectivity index (χ0v) is 11.0. The maximum atomic E-state index is 11.9. The van der Waals surface area contributed by atoms with E-state index in [0.29, 0.717) is 17.8 Å². The van der Waals surface area contributed by atoms with Crippen LogP contribution in [-0.4, -0.2) is 17.0 Å². The number of hydrogen-bond acceptors (Lipinski definition) is 3. The van der Waals surface area contributed by atoms with Crippen LogP contribution in [0.4, 0.5) is 21.9 Å². The summed E-state index contributed by atoms with van der Waals surface area (Å²) < 4.78 is 0. The number of aromatic hydroxyl groups is 1. The first-order chi connectivity index (χ1) is 10.1. The molecule has 1 aliphatic rings. The minimum absolute atomic E-state index is 0.0457. The van der Waals surface area contributed by atoms with Gasteiger partial charge in [-0.3, -0.25) is 4.79 Å². The second-order valence-electron chi connectivity index (χ2n) is 4.72. The molecule has 6 nitrogen and oxygen atoms in total. The number of nitrogens with one attached hydrogen (secondary N) is 3. The molecule has 1 aliphatic heterocycles. The molecule has 0 saturated carbocycles. The van der Waals surface area contributed by atoms with Crippen LogP contribution in [0.15, 0.2) is 42.5 Å². The highest BCUT2D eigenvalue weighted by molar-refractivity contribution is 6.02. The molecule has 0 fully saturated rings. The van der Waals surface area contributed by atoms with Crippen molar-refractivity contribution in [2.24, 2.45) is 0 Å². The molecule has 0 bridgehead atoms. The van der Waals surface area contributed by atoms with Gasteiger partial charge in [-0.25, -0.2) is 4.79 Å². The number of phenolic OH excluding ortho intramolecular Hbond substituents is 1. The van der Waals surface area contributed by atoms with Gasteiger partial charge in [0.1, 0.15) is 5.75 Å². The number of rotatable bonds is 2. The van der Waals surface area contributed by atoms with Crippen LogP contribution in [0.2, 0.25) is 0 Å². The molecule has 3 rings (SSSR count). The lowest BCUT2D eigenvalue weighted by Gasteiger charge is -2.09. The maximum Gasteiger partial charge on any atom is 0.323 e. The van der Waals surface area contributed by atoms with Crippen molar-refractivity contribution in [3.8, 4) is 5.75 Å². The van der Waals surface area contributed by atoms with Gasteiger partial charge in [-0.15, -0.1) is 0 Å². The minimum Gasteiger partial charge on any atom is -0.508 e. The average molecular weight is 283 g/mol. The van der Waals surface area contributed by atoms with Crippen LogP contribution in [0.25, 0.3) is 0 Å². The standard InChI is InChI=1S/C15H13N3O3/c19-12-4-1-10(2-5-12)16-15(21)17-11-3-6-13-9(7-11)8-14(20)18-13/h1-7,19H,8H2,(H,18,20)(H2,16,17,21). The Balaban J connectivity index is 1.66. The number of benzene rings is 2. The smallest absolute Gasteiger partial charge is 0.323 e. The average Bonchev–Trinajstić information content (AvgIpc) is 2.80. The Morgan fingerprint density at radius 1 is 1.05 bits per heavy atom. The first-order valence-corrected chi connectivity index (χ1v) is 6.40. The molecule has 0 aliphatic carbocycles. The van der Waals surface area contributed by atoms with Gasteiger partial charge in [0.05, 0.1) is 6.42 Å². The third-order valence-electron chi connectivity index (χ3n) is 3.11. The van der Waals surface area contributed by atoms with Crippen molar-refractivity contribution in [2.75, 3.05) is 16.0 Å². The number of carbonyl (C=O) groups is 2. The van der Waals surface area contributed by atoms with E-state index in [0.717, 1.165) is 11.3 Å². The van der Waals surface area contributed by atoms with Crippen molar-refractivity contribution in [3.05, 3.63) is 48.0 Å². The third-order valence-corrected chi connectivity index (χ3v) is 3.11. The van der Waals surface area contributed by atoms with E-state index in [1.165, 1.54) is 12.1 Å². The van der Waals surface area contributed by atoms with Crippen molar-refractivity contribution in [1.82, 2.24) is 0 Å². The first-order valence-electron chi connectivity index (χ1n) is 6.40. The summed E-state index contributed by atoms with van der Waals surface area (Å²) in [4.78, 5) is 23.1. The van der Waals surface area contributed by atoms with Gasteiger partial charge < -0.3 is 21.1 Å². The van der Waals surface area contributed by atoms with E-state index in [-0.39, 0.29) is 11.7 Å². The molecule has 106 valence electrons. The minimum atomic E-state index is -0.391. The molecule has 0 atom stereocenters. The van der Waals surface area contributed by atoms with Crippen LogP contribution in [0.3, 0.4) is 0 Å². The molecule has 0 radical (unpaired) electrons. The van der Waals surface area contributed by atoms with Crippen LogP contribution >= 0.6 is 0 Å². The van der Waals surface area contributed by atoms with Gasteiger partial charge in [0.15, 0.2) is 0 Å². The van der Waals surface area contributed by atoms with Gasteiger partial charge in [0.25, 0.3) is 0 Å². The fourth-order valence-corrected chi connectivity index (χ4v) is 2.15. The van der Waals surface area contributed by atoms with Crippen LogP contribution in [-0.2, 0) is 11.2 Å². The highest BCUT2D eigenvalue weighted by Gasteiger charge is 2.17. The normalized spacial score (nSPS) is 12.5. The lowest BCUT2D eigenvalue weighted by Crippen LogP contribution is -2.19. The number of urea groups is 1. The quantitative estimate of drug-likeness (QED) is 0.638. The highest BCUT2D eigenvalue weighted by atomic mass is 16.3. The number of anilines is 3. The third kappa shape index (κ3) is 2.94. The summed E-state index contributed by atoms with van der Waals surface area (Å²) in [6.07, 6.45) is 0.324. The molecule has 6 heteroatoms. The predicted molar refractivity (Wildman–Crippen MR) is 79.5 cm³/mol. The SMILES string of the molecule is O=C1Cc2cc(NC(=O)Nc3ccc(O)cc3)ccc2N1. The van der Waals surface area contributed by atoms with Crippen molar-refractivity contribution < 1.29 is 14.7 Å². The van der Waals surface area contributed by atoms with E-state index in [4.69, 9.17) is 0 Å². The molecule has 0 unspecified atom stereocenters. The molecule has 0 spiro atoms. The number of hydrogen-bond donors (Lipinski definition) is 4. The van der Waals surface area contributed by atoms with Gasteiger partial charge in [-0.05, 0) is 48.0 Å². The molecule has 4 N–H and O–H groups in total. The second-order valence-corrected chi connectivity index (χ2v) is 4.72. The Morgan fingerprint density at radius 2 is 1.71 bits per heavy atom. The van der Waals surface area contributed by atoms with Gasteiger partial charge in [-0.1, -0.05) is 0 Å². The second kappa shape index (κ2) is 5.16. The van der Waals surface area contributed by atoms with E-state index in [9.17, 15) is 14.7 Å². The summed E-state index contributed by atoms with van der Waals surface area (Å²) in [6.45, 7) is 0. The fraction of sp³-hybridized carbons (Fsp3) is 0.0667. The van der Waals surface area contributed by atoms with E-state index in [1.54, 1.807) is 30.3 Å². The van der Waals surface area contributed by atoms with Crippen molar-refractivity contribution in [3.63, 3.8) is 0 Å². The number of amides is 3. The lowest BCUT2D eigenvalue weighted by atomic mass is 10.1. The van der Waals surface area contributed by atoms with Crippen molar-refractivity contribution in [2.45, 2.75) is 6.42 Å². The summed E-state index contributed by atoms with van der Waals surface area (Å²) in [7, 11) is 0. The maximum absolute atomic E-state index is 11.9. The molecule has 3 amide bonds. The molecule has 21 heavy (non-hydrogen) atoms. The molecule has 2 aromatic carbocycles. The first kappa shape index (κ1) is 13.0. The molecule has 0 aromatic heterocycles. The van der Waals surface area contributed by atoms with E-state index in [2.05, 4.69) is 16.0 Å². The molecule has 2 aromatic rings. The van der Waals surface area contributed by atoms with Gasteiger partial charge in [0, 0.05) is 17.1 Å². The lowest BCUT2D eigenvalue weighted by molar-refractivity contribution is -0.115. The Kier molecular flexibility index (Phi) is 3.19. The number of fused-ring (bicyclic) bond motifs is 1. The van der Waals surface area contributed by atoms with Gasteiger partial charge >= 0.3 is 6.03 Å². The highest BCUT2D eigenvalue weighted by Crippen LogP contribution is 2.26. The van der Waals surface area contributed by atoms with Gasteiger partial charge in [-0.2, -0.15) is 0 Å². The summed E-state index contributed by atoms with van der Waals surface area (Å²) in [5, 5.41) is 17.3. The topological polar surface area (TPSA) is 90.5 Å². The van der Waals surface area contributed by atoms with Crippen LogP contribution in [0.1, 0.15) is 5.56 Å². The summed E-state index contributed by atoms with van der Waals surface area (Å²) in [5.41, 5.74) is 2.83. The van der Waals surface area contributed by atoms with Crippen LogP contribution < -0.4 is 16.0 Å². The Hall–Kier alpha value is -3.02. The predicted octanol–water partition coefficient (Wildman–Crippen LogP) is 2.53. The zero-order chi connectivity index (χ0) is 14.8. The number of carbonyl (C=O) groups excluding carboxylic acids is 2. The molecular weight excluding hydrogens is 270 g/mol. The fourth-order valence-electron chi connectivity index (χ4n) is 2.15.